The van der Waals surface area contributed by atoms with Gasteiger partial charge in [0.1, 0.15) is 5.60 Å². The van der Waals surface area contributed by atoms with E-state index in [0.717, 1.165) is 5.56 Å². The molecule has 1 N–H and O–H groups in total. The molecule has 150 valence electrons. The van der Waals surface area contributed by atoms with Crippen LogP contribution >= 0.6 is 0 Å². The Morgan fingerprint density at radius 1 is 1.15 bits per heavy atom. The molecule has 27 heavy (non-hydrogen) atoms. The predicted octanol–water partition coefficient (Wildman–Crippen LogP) is 3.59. The molecule has 0 unspecified atom stereocenters. The number of hydrogen-bond donors (Lipinski definition) is 1. The van der Waals surface area contributed by atoms with Gasteiger partial charge >= 0.3 is 6.09 Å². The number of benzene rings is 1. The summed E-state index contributed by atoms with van der Waals surface area (Å²) in [5, 5.41) is 2.64. The number of alkyl carbamates (subject to hydrolysis) is 1. The van der Waals surface area contributed by atoms with Crippen LogP contribution in [0.25, 0.3) is 0 Å². The van der Waals surface area contributed by atoms with Crippen molar-refractivity contribution in [3.8, 4) is 0 Å². The number of rotatable bonds is 9. The molecule has 0 spiro atoms. The second-order valence-electron chi connectivity index (χ2n) is 7.32. The smallest absolute Gasteiger partial charge is 0.407 e. The van der Waals surface area contributed by atoms with Gasteiger partial charge in [-0.25, -0.2) is 13.2 Å². The Morgan fingerprint density at radius 2 is 1.78 bits per heavy atom. The minimum atomic E-state index is -3.45. The van der Waals surface area contributed by atoms with Crippen LogP contribution in [0.2, 0.25) is 0 Å². The van der Waals surface area contributed by atoms with Crippen LogP contribution < -0.4 is 5.32 Å². The number of nitrogens with one attached hydrogen (secondary N) is 1. The number of unbranched alkanes of at least 4 members (excludes halogenated alkanes) is 1. The zero-order valence-corrected chi connectivity index (χ0v) is 17.3. The largest absolute Gasteiger partial charge is 0.444 e. The number of ether oxygens (including phenoxy) is 1. The van der Waals surface area contributed by atoms with Crippen molar-refractivity contribution in [2.75, 3.05) is 12.3 Å². The van der Waals surface area contributed by atoms with E-state index in [1.54, 1.807) is 51.1 Å². The lowest BCUT2D eigenvalue weighted by atomic mass is 10.2. The molecule has 1 aromatic carbocycles. The second-order valence-corrected chi connectivity index (χ2v) is 9.43. The lowest BCUT2D eigenvalue weighted by Crippen LogP contribution is -2.32. The maximum atomic E-state index is 12.2. The Kier molecular flexibility index (Phi) is 8.69. The SMILES string of the molecule is Cc1ccc(S(=O)(=O)CCC(=O)/C=C/CCCNC(=O)OC(C)(C)C)cc1. The first-order chi connectivity index (χ1) is 12.5. The Labute approximate surface area is 161 Å². The van der Waals surface area contributed by atoms with Crippen molar-refractivity contribution in [2.45, 2.75) is 57.5 Å². The maximum absolute atomic E-state index is 12.2. The van der Waals surface area contributed by atoms with E-state index >= 15 is 0 Å². The van der Waals surface area contributed by atoms with Crippen LogP contribution in [0.1, 0.15) is 45.6 Å². The molecule has 1 rings (SSSR count). The number of aryl methyl sites for hydroxylation is 1. The molecule has 1 aromatic rings. The third kappa shape index (κ3) is 9.94. The maximum Gasteiger partial charge on any atom is 0.407 e. The van der Waals surface area contributed by atoms with Gasteiger partial charge in [0.2, 0.25) is 0 Å². The fourth-order valence-electron chi connectivity index (χ4n) is 2.12. The number of amides is 1. The quantitative estimate of drug-likeness (QED) is 0.510. The number of sulfone groups is 1. The molecule has 0 heterocycles. The molecule has 0 saturated heterocycles. The van der Waals surface area contributed by atoms with Crippen LogP contribution in [-0.4, -0.2) is 38.2 Å². The van der Waals surface area contributed by atoms with E-state index in [9.17, 15) is 18.0 Å². The van der Waals surface area contributed by atoms with Crippen molar-refractivity contribution in [1.82, 2.24) is 5.32 Å². The molecule has 0 saturated carbocycles. The molecule has 0 aromatic heterocycles. The minimum absolute atomic E-state index is 0.0527. The normalized spacial score (nSPS) is 12.1. The zero-order valence-electron chi connectivity index (χ0n) is 16.4. The van der Waals surface area contributed by atoms with Crippen molar-refractivity contribution in [2.24, 2.45) is 0 Å². The molecule has 0 bridgehead atoms. The van der Waals surface area contributed by atoms with Gasteiger partial charge in [-0.1, -0.05) is 23.8 Å². The Morgan fingerprint density at radius 3 is 2.37 bits per heavy atom. The molecule has 0 fully saturated rings. The summed E-state index contributed by atoms with van der Waals surface area (Å²) in [6.07, 6.45) is 3.83. The Bertz CT molecular complexity index is 759. The Balaban J connectivity index is 2.28. The molecule has 0 aliphatic heterocycles. The predicted molar refractivity (Wildman–Crippen MR) is 105 cm³/mol. The number of carbonyl (C=O) groups is 2. The first-order valence-corrected chi connectivity index (χ1v) is 10.6. The van der Waals surface area contributed by atoms with Crippen molar-refractivity contribution in [3.63, 3.8) is 0 Å². The highest BCUT2D eigenvalue weighted by Gasteiger charge is 2.16. The van der Waals surface area contributed by atoms with E-state index in [4.69, 9.17) is 4.74 Å². The van der Waals surface area contributed by atoms with Crippen molar-refractivity contribution in [3.05, 3.63) is 42.0 Å². The van der Waals surface area contributed by atoms with Gasteiger partial charge in [0.25, 0.3) is 0 Å². The number of hydrogen-bond acceptors (Lipinski definition) is 5. The highest BCUT2D eigenvalue weighted by atomic mass is 32.2. The van der Waals surface area contributed by atoms with Gasteiger partial charge in [-0.3, -0.25) is 4.79 Å². The molecule has 0 aliphatic carbocycles. The van der Waals surface area contributed by atoms with E-state index < -0.39 is 21.5 Å². The summed E-state index contributed by atoms with van der Waals surface area (Å²) in [7, 11) is -3.45. The average molecular weight is 396 g/mol. The van der Waals surface area contributed by atoms with Gasteiger partial charge in [0.05, 0.1) is 10.6 Å². The van der Waals surface area contributed by atoms with Crippen LogP contribution in [0.3, 0.4) is 0 Å². The fraction of sp³-hybridized carbons (Fsp3) is 0.500. The lowest BCUT2D eigenvalue weighted by molar-refractivity contribution is -0.114. The molecule has 0 aliphatic rings. The molecule has 0 atom stereocenters. The summed E-state index contributed by atoms with van der Waals surface area (Å²) in [5.74, 6) is -0.440. The van der Waals surface area contributed by atoms with Gasteiger partial charge in [0.15, 0.2) is 15.6 Å². The molecule has 0 radical (unpaired) electrons. The third-order valence-corrected chi connectivity index (χ3v) is 5.25. The topological polar surface area (TPSA) is 89.5 Å². The number of carbonyl (C=O) groups excluding carboxylic acids is 2. The van der Waals surface area contributed by atoms with Crippen LogP contribution in [0, 0.1) is 6.92 Å². The van der Waals surface area contributed by atoms with Crippen LogP contribution in [-0.2, 0) is 19.4 Å². The summed E-state index contributed by atoms with van der Waals surface area (Å²) < 4.78 is 29.5. The highest BCUT2D eigenvalue weighted by Crippen LogP contribution is 2.13. The summed E-state index contributed by atoms with van der Waals surface area (Å²) >= 11 is 0. The summed E-state index contributed by atoms with van der Waals surface area (Å²) in [5.41, 5.74) is 0.448. The van der Waals surface area contributed by atoms with E-state index in [1.807, 2.05) is 6.92 Å². The first-order valence-electron chi connectivity index (χ1n) is 8.95. The van der Waals surface area contributed by atoms with Crippen LogP contribution in [0.5, 0.6) is 0 Å². The molecule has 1 amide bonds. The summed E-state index contributed by atoms with van der Waals surface area (Å²) in [6.45, 7) is 7.70. The van der Waals surface area contributed by atoms with E-state index in [0.29, 0.717) is 19.4 Å². The number of ketones is 1. The van der Waals surface area contributed by atoms with E-state index in [2.05, 4.69) is 5.32 Å². The molecular weight excluding hydrogens is 366 g/mol. The van der Waals surface area contributed by atoms with Gasteiger partial charge in [-0.2, -0.15) is 0 Å². The average Bonchev–Trinajstić information content (AvgIpc) is 2.55. The Hall–Kier alpha value is -2.15. The van der Waals surface area contributed by atoms with E-state index in [-0.39, 0.29) is 22.9 Å². The highest BCUT2D eigenvalue weighted by molar-refractivity contribution is 7.91. The minimum Gasteiger partial charge on any atom is -0.444 e. The van der Waals surface area contributed by atoms with Gasteiger partial charge in [-0.05, 0) is 58.7 Å². The van der Waals surface area contributed by atoms with Crippen molar-refractivity contribution >= 4 is 21.7 Å². The van der Waals surface area contributed by atoms with Gasteiger partial charge in [-0.15, -0.1) is 0 Å². The first kappa shape index (κ1) is 22.9. The lowest BCUT2D eigenvalue weighted by Gasteiger charge is -2.19. The monoisotopic (exact) mass is 395 g/mol. The summed E-state index contributed by atoms with van der Waals surface area (Å²) in [4.78, 5) is 23.5. The second kappa shape index (κ2) is 10.3. The molecule has 7 heteroatoms. The fourth-order valence-corrected chi connectivity index (χ4v) is 3.38. The van der Waals surface area contributed by atoms with Crippen molar-refractivity contribution in [1.29, 1.82) is 0 Å². The number of allylic oxidation sites excluding steroid dienone is 2. The van der Waals surface area contributed by atoms with Gasteiger partial charge in [0, 0.05) is 13.0 Å². The van der Waals surface area contributed by atoms with Crippen molar-refractivity contribution < 1.29 is 22.7 Å². The third-order valence-electron chi connectivity index (χ3n) is 3.52. The van der Waals surface area contributed by atoms with Gasteiger partial charge < -0.3 is 10.1 Å². The molecule has 6 nitrogen and oxygen atoms in total. The zero-order chi connectivity index (χ0) is 20.5. The molecular formula is C20H29NO5S. The standard InChI is InChI=1S/C20H29NO5S/c1-16-9-11-18(12-10-16)27(24,25)15-13-17(22)8-6-5-7-14-21-19(23)26-20(2,3)4/h6,8-12H,5,7,13-15H2,1-4H3,(H,21,23)/b8-6+. The van der Waals surface area contributed by atoms with E-state index in [1.165, 1.54) is 6.08 Å². The van der Waals surface area contributed by atoms with Crippen LogP contribution in [0.15, 0.2) is 41.3 Å². The van der Waals surface area contributed by atoms with Crippen LogP contribution in [0.4, 0.5) is 4.79 Å². The summed E-state index contributed by atoms with van der Waals surface area (Å²) in [6, 6.07) is 6.59.